The highest BCUT2D eigenvalue weighted by Gasteiger charge is 2.32. The number of rotatable bonds is 4. The molecular weight excluding hydrogens is 402 g/mol. The second kappa shape index (κ2) is 8.20. The van der Waals surface area contributed by atoms with Crippen molar-refractivity contribution in [2.24, 2.45) is 0 Å². The van der Waals surface area contributed by atoms with E-state index in [2.05, 4.69) is 5.16 Å². The Kier molecular flexibility index (Phi) is 5.62. The highest BCUT2D eigenvalue weighted by molar-refractivity contribution is 7.89. The Balaban J connectivity index is 1.48. The second-order valence-corrected chi connectivity index (χ2v) is 9.48. The average molecular weight is 428 g/mol. The van der Waals surface area contributed by atoms with E-state index in [1.165, 1.54) is 4.31 Å². The predicted molar refractivity (Wildman–Crippen MR) is 114 cm³/mol. The molecule has 0 bridgehead atoms. The molecule has 1 aliphatic heterocycles. The molecule has 0 saturated carbocycles. The van der Waals surface area contributed by atoms with Gasteiger partial charge in [-0.05, 0) is 36.6 Å². The van der Waals surface area contributed by atoms with Crippen molar-refractivity contribution in [2.75, 3.05) is 26.2 Å². The highest BCUT2D eigenvalue weighted by Crippen LogP contribution is 2.25. The van der Waals surface area contributed by atoms with Crippen LogP contribution in [0.1, 0.15) is 23.4 Å². The van der Waals surface area contributed by atoms with Gasteiger partial charge in [-0.25, -0.2) is 8.42 Å². The largest absolute Gasteiger partial charge is 0.360 e. The van der Waals surface area contributed by atoms with Crippen molar-refractivity contribution in [1.82, 2.24) is 14.4 Å². The number of hydrogen-bond donors (Lipinski definition) is 0. The van der Waals surface area contributed by atoms with Gasteiger partial charge in [0.2, 0.25) is 15.9 Å². The van der Waals surface area contributed by atoms with Crippen molar-refractivity contribution in [3.05, 3.63) is 59.5 Å². The Hall–Kier alpha value is -2.71. The smallest absolute Gasteiger partial charge is 0.248 e. The zero-order valence-electron chi connectivity index (χ0n) is 17.2. The average Bonchev–Trinajstić information content (AvgIpc) is 2.93. The molecule has 7 nitrogen and oxygen atoms in total. The summed E-state index contributed by atoms with van der Waals surface area (Å²) in [4.78, 5) is 14.9. The number of aryl methyl sites for hydroxylation is 2. The molecule has 1 amide bonds. The van der Waals surface area contributed by atoms with Crippen LogP contribution in [-0.4, -0.2) is 54.9 Å². The van der Waals surface area contributed by atoms with E-state index in [4.69, 9.17) is 4.52 Å². The van der Waals surface area contributed by atoms with Crippen LogP contribution in [0.25, 0.3) is 10.8 Å². The number of amides is 1. The summed E-state index contributed by atoms with van der Waals surface area (Å²) in [5.41, 5.74) is 1.35. The van der Waals surface area contributed by atoms with Gasteiger partial charge in [0.25, 0.3) is 0 Å². The Bertz CT molecular complexity index is 1160. The Morgan fingerprint density at radius 2 is 1.80 bits per heavy atom. The zero-order chi connectivity index (χ0) is 21.3. The summed E-state index contributed by atoms with van der Waals surface area (Å²) >= 11 is 0. The molecule has 0 unspecified atom stereocenters. The Morgan fingerprint density at radius 1 is 1.03 bits per heavy atom. The van der Waals surface area contributed by atoms with E-state index >= 15 is 0 Å². The molecule has 3 aromatic rings. The summed E-state index contributed by atoms with van der Waals surface area (Å²) in [7, 11) is -3.70. The third-order valence-electron chi connectivity index (χ3n) is 5.59. The zero-order valence-corrected chi connectivity index (χ0v) is 18.0. The monoisotopic (exact) mass is 427 g/mol. The number of nitrogens with zero attached hydrogens (tertiary/aromatic N) is 3. The molecule has 2 aromatic carbocycles. The minimum atomic E-state index is -3.70. The van der Waals surface area contributed by atoms with Crippen LogP contribution in [-0.2, 0) is 21.2 Å². The number of hydrogen-bond acceptors (Lipinski definition) is 5. The Labute approximate surface area is 176 Å². The molecule has 1 aromatic heterocycles. The van der Waals surface area contributed by atoms with Gasteiger partial charge in [-0.15, -0.1) is 0 Å². The molecule has 8 heteroatoms. The number of benzene rings is 2. The standard InChI is InChI=1S/C22H25N3O4S/c1-16-22(17(2)29-23-16)30(27,28)25-12-6-11-24(13-14-25)21(26)15-19-9-5-8-18-7-3-4-10-20(18)19/h3-5,7-10H,6,11-15H2,1-2H3. The van der Waals surface area contributed by atoms with E-state index in [-0.39, 0.29) is 17.3 Å². The van der Waals surface area contributed by atoms with E-state index in [1.807, 2.05) is 42.5 Å². The van der Waals surface area contributed by atoms with Crippen LogP contribution in [0.3, 0.4) is 0 Å². The van der Waals surface area contributed by atoms with Crippen molar-refractivity contribution in [3.63, 3.8) is 0 Å². The molecule has 0 N–H and O–H groups in total. The van der Waals surface area contributed by atoms with E-state index < -0.39 is 10.0 Å². The Morgan fingerprint density at radius 3 is 2.57 bits per heavy atom. The fourth-order valence-corrected chi connectivity index (χ4v) is 5.84. The van der Waals surface area contributed by atoms with E-state index in [9.17, 15) is 13.2 Å². The molecule has 30 heavy (non-hydrogen) atoms. The van der Waals surface area contributed by atoms with Crippen LogP contribution in [0, 0.1) is 13.8 Å². The van der Waals surface area contributed by atoms with Gasteiger partial charge >= 0.3 is 0 Å². The first-order valence-electron chi connectivity index (χ1n) is 10.1. The minimum Gasteiger partial charge on any atom is -0.360 e. The maximum absolute atomic E-state index is 13.1. The summed E-state index contributed by atoms with van der Waals surface area (Å²) < 4.78 is 32.6. The summed E-state index contributed by atoms with van der Waals surface area (Å²) in [6.45, 7) is 4.76. The lowest BCUT2D eigenvalue weighted by Crippen LogP contribution is -2.38. The third-order valence-corrected chi connectivity index (χ3v) is 7.74. The number of aromatic nitrogens is 1. The molecule has 2 heterocycles. The lowest BCUT2D eigenvalue weighted by molar-refractivity contribution is -0.130. The number of carbonyl (C=O) groups excluding carboxylic acids is 1. The van der Waals surface area contributed by atoms with Gasteiger partial charge in [-0.1, -0.05) is 47.6 Å². The quantitative estimate of drug-likeness (QED) is 0.639. The predicted octanol–water partition coefficient (Wildman–Crippen LogP) is 2.91. The number of fused-ring (bicyclic) bond motifs is 1. The van der Waals surface area contributed by atoms with Gasteiger partial charge in [0, 0.05) is 26.2 Å². The fourth-order valence-electron chi connectivity index (χ4n) is 4.08. The van der Waals surface area contributed by atoms with Crippen molar-refractivity contribution in [3.8, 4) is 0 Å². The second-order valence-electron chi connectivity index (χ2n) is 7.61. The van der Waals surface area contributed by atoms with E-state index in [0.717, 1.165) is 16.3 Å². The summed E-state index contributed by atoms with van der Waals surface area (Å²) in [6, 6.07) is 14.0. The van der Waals surface area contributed by atoms with Gasteiger partial charge in [-0.2, -0.15) is 4.31 Å². The molecule has 0 aliphatic carbocycles. The lowest BCUT2D eigenvalue weighted by atomic mass is 10.0. The van der Waals surface area contributed by atoms with Gasteiger partial charge in [0.05, 0.1) is 6.42 Å². The topological polar surface area (TPSA) is 83.7 Å². The molecule has 0 spiro atoms. The van der Waals surface area contributed by atoms with Crippen LogP contribution in [0.2, 0.25) is 0 Å². The lowest BCUT2D eigenvalue weighted by Gasteiger charge is -2.22. The summed E-state index contributed by atoms with van der Waals surface area (Å²) in [5.74, 6) is 0.309. The van der Waals surface area contributed by atoms with E-state index in [1.54, 1.807) is 18.7 Å². The molecule has 1 aliphatic rings. The molecule has 1 fully saturated rings. The maximum atomic E-state index is 13.1. The minimum absolute atomic E-state index is 0.0166. The molecule has 4 rings (SSSR count). The van der Waals surface area contributed by atoms with Crippen molar-refractivity contribution in [1.29, 1.82) is 0 Å². The van der Waals surface area contributed by atoms with Crippen molar-refractivity contribution in [2.45, 2.75) is 31.6 Å². The number of sulfonamides is 1. The van der Waals surface area contributed by atoms with Crippen molar-refractivity contribution >= 4 is 26.7 Å². The van der Waals surface area contributed by atoms with Gasteiger partial charge < -0.3 is 9.42 Å². The van der Waals surface area contributed by atoms with Crippen molar-refractivity contribution < 1.29 is 17.7 Å². The van der Waals surface area contributed by atoms with Crippen LogP contribution >= 0.6 is 0 Å². The summed E-state index contributed by atoms with van der Waals surface area (Å²) in [5, 5.41) is 5.95. The molecule has 158 valence electrons. The molecule has 1 saturated heterocycles. The van der Waals surface area contributed by atoms with Crippen LogP contribution in [0.5, 0.6) is 0 Å². The van der Waals surface area contributed by atoms with Gasteiger partial charge in [0.15, 0.2) is 5.76 Å². The first kappa shape index (κ1) is 20.6. The summed E-state index contributed by atoms with van der Waals surface area (Å²) in [6.07, 6.45) is 0.891. The highest BCUT2D eigenvalue weighted by atomic mass is 32.2. The molecule has 0 atom stereocenters. The normalized spacial score (nSPS) is 16.0. The number of carbonyl (C=O) groups is 1. The molecular formula is C22H25N3O4S. The first-order valence-corrected chi connectivity index (χ1v) is 11.5. The van der Waals surface area contributed by atoms with Crippen LogP contribution in [0.4, 0.5) is 0 Å². The van der Waals surface area contributed by atoms with Crippen LogP contribution < -0.4 is 0 Å². The van der Waals surface area contributed by atoms with Gasteiger partial charge in [0.1, 0.15) is 10.6 Å². The fraction of sp³-hybridized carbons (Fsp3) is 0.364. The first-order chi connectivity index (χ1) is 14.4. The van der Waals surface area contributed by atoms with Gasteiger partial charge in [-0.3, -0.25) is 4.79 Å². The molecule has 0 radical (unpaired) electrons. The SMILES string of the molecule is Cc1noc(C)c1S(=O)(=O)N1CCCN(C(=O)Cc2cccc3ccccc23)CC1. The van der Waals surface area contributed by atoms with Crippen LogP contribution in [0.15, 0.2) is 51.9 Å². The maximum Gasteiger partial charge on any atom is 0.248 e. The van der Waals surface area contributed by atoms with E-state index in [0.29, 0.717) is 43.9 Å². The third kappa shape index (κ3) is 3.85.